The average Bonchev–Trinajstić information content (AvgIpc) is 3.26. The fraction of sp³-hybridized carbons (Fsp3) is 0.444. The van der Waals surface area contributed by atoms with Crippen LogP contribution in [0.1, 0.15) is 24.1 Å². The number of H-pyrrole nitrogens is 1. The van der Waals surface area contributed by atoms with Crippen LogP contribution in [0.3, 0.4) is 0 Å². The Bertz CT molecular complexity index is 839. The third kappa shape index (κ3) is 3.52. The van der Waals surface area contributed by atoms with Crippen molar-refractivity contribution in [3.05, 3.63) is 29.5 Å². The molecule has 2 aromatic rings. The number of ether oxygens (including phenoxy) is 1. The molecule has 4 rings (SSSR count). The number of carboxylic acid groups (broad SMARTS) is 1. The first-order valence-electron chi connectivity index (χ1n) is 8.49. The molecule has 3 heterocycles. The Labute approximate surface area is 150 Å². The number of anilines is 1. The van der Waals surface area contributed by atoms with E-state index >= 15 is 0 Å². The fourth-order valence-electron chi connectivity index (χ4n) is 3.36. The number of carbonyl (C=O) groups is 1. The van der Waals surface area contributed by atoms with E-state index in [1.807, 2.05) is 0 Å². The van der Waals surface area contributed by atoms with Gasteiger partial charge in [-0.1, -0.05) is 0 Å². The fourth-order valence-corrected chi connectivity index (χ4v) is 4.39. The highest BCUT2D eigenvalue weighted by Crippen LogP contribution is 2.31. The number of carboxylic acids is 1. The SMILES string of the molecule is Cc1cc(N[C@H]2CCOC2)c2[nH]c(C3=NC(CC(=O)O)CS3)cc2c1. The Morgan fingerprint density at radius 3 is 3.12 bits per heavy atom. The highest BCUT2D eigenvalue weighted by Gasteiger charge is 2.23. The van der Waals surface area contributed by atoms with Crippen LogP contribution in [-0.4, -0.2) is 52.2 Å². The maximum atomic E-state index is 10.9. The maximum Gasteiger partial charge on any atom is 0.305 e. The van der Waals surface area contributed by atoms with Crippen LogP contribution in [0.5, 0.6) is 0 Å². The molecule has 0 aliphatic carbocycles. The molecule has 1 aromatic carbocycles. The normalized spacial score (nSPS) is 23.2. The molecular weight excluding hydrogens is 338 g/mol. The number of aryl methyl sites for hydroxylation is 1. The first-order chi connectivity index (χ1) is 12.1. The lowest BCUT2D eigenvalue weighted by molar-refractivity contribution is -0.137. The van der Waals surface area contributed by atoms with Crippen molar-refractivity contribution in [1.82, 2.24) is 4.98 Å². The van der Waals surface area contributed by atoms with Gasteiger partial charge in [-0.05, 0) is 37.1 Å². The summed E-state index contributed by atoms with van der Waals surface area (Å²) < 4.78 is 5.46. The molecule has 6 nitrogen and oxygen atoms in total. The molecule has 0 amide bonds. The monoisotopic (exact) mass is 359 g/mol. The van der Waals surface area contributed by atoms with E-state index in [2.05, 4.69) is 40.4 Å². The number of nitrogens with zero attached hydrogens (tertiary/aromatic N) is 1. The van der Waals surface area contributed by atoms with Crippen molar-refractivity contribution in [3.63, 3.8) is 0 Å². The maximum absolute atomic E-state index is 10.9. The van der Waals surface area contributed by atoms with Gasteiger partial charge in [0.05, 0.1) is 42.0 Å². The number of nitrogens with one attached hydrogen (secondary N) is 2. The van der Waals surface area contributed by atoms with Gasteiger partial charge in [-0.2, -0.15) is 0 Å². The van der Waals surface area contributed by atoms with Crippen molar-refractivity contribution < 1.29 is 14.6 Å². The zero-order valence-electron chi connectivity index (χ0n) is 14.0. The topological polar surface area (TPSA) is 86.7 Å². The lowest BCUT2D eigenvalue weighted by Crippen LogP contribution is -2.19. The van der Waals surface area contributed by atoms with Gasteiger partial charge in [0.1, 0.15) is 5.04 Å². The minimum Gasteiger partial charge on any atom is -0.481 e. The standard InChI is InChI=1S/C18H21N3O3S/c1-10-4-11-6-15(18-20-13(9-25-18)7-16(22)23)21-17(11)14(5-10)19-12-2-3-24-8-12/h4-6,12-13,19,21H,2-3,7-9H2,1H3,(H,22,23)/t12-,13?/m0/s1. The minimum atomic E-state index is -0.798. The second-order valence-electron chi connectivity index (χ2n) is 6.66. The molecule has 2 aliphatic heterocycles. The molecule has 3 N–H and O–H groups in total. The van der Waals surface area contributed by atoms with E-state index in [9.17, 15) is 4.79 Å². The molecule has 25 heavy (non-hydrogen) atoms. The molecule has 0 bridgehead atoms. The summed E-state index contributed by atoms with van der Waals surface area (Å²) in [6.45, 7) is 3.64. The van der Waals surface area contributed by atoms with Crippen LogP contribution in [0.15, 0.2) is 23.2 Å². The van der Waals surface area contributed by atoms with Gasteiger partial charge in [0.2, 0.25) is 0 Å². The van der Waals surface area contributed by atoms with Gasteiger partial charge >= 0.3 is 5.97 Å². The van der Waals surface area contributed by atoms with Crippen LogP contribution >= 0.6 is 11.8 Å². The van der Waals surface area contributed by atoms with Crippen LogP contribution in [-0.2, 0) is 9.53 Å². The van der Waals surface area contributed by atoms with Crippen molar-refractivity contribution >= 4 is 39.4 Å². The van der Waals surface area contributed by atoms with Gasteiger partial charge in [0.15, 0.2) is 0 Å². The molecule has 0 radical (unpaired) electrons. The van der Waals surface area contributed by atoms with Gasteiger partial charge < -0.3 is 20.1 Å². The third-order valence-corrected chi connectivity index (χ3v) is 5.67. The number of rotatable bonds is 5. The van der Waals surface area contributed by atoms with Gasteiger partial charge in [0.25, 0.3) is 0 Å². The van der Waals surface area contributed by atoms with Crippen molar-refractivity contribution in [2.75, 3.05) is 24.3 Å². The smallest absolute Gasteiger partial charge is 0.305 e. The quantitative estimate of drug-likeness (QED) is 0.764. The first-order valence-corrected chi connectivity index (χ1v) is 9.47. The zero-order chi connectivity index (χ0) is 17.4. The van der Waals surface area contributed by atoms with E-state index in [4.69, 9.17) is 9.84 Å². The Balaban J connectivity index is 1.64. The molecule has 2 aliphatic rings. The molecule has 0 saturated carbocycles. The average molecular weight is 359 g/mol. The summed E-state index contributed by atoms with van der Waals surface area (Å²) in [6, 6.07) is 6.61. The number of thioether (sulfide) groups is 1. The zero-order valence-corrected chi connectivity index (χ0v) is 14.9. The van der Waals surface area contributed by atoms with Crippen LogP contribution in [0.2, 0.25) is 0 Å². The molecular formula is C18H21N3O3S. The molecule has 1 unspecified atom stereocenters. The summed E-state index contributed by atoms with van der Waals surface area (Å²) in [6.07, 6.45) is 1.10. The Hall–Kier alpha value is -1.99. The van der Waals surface area contributed by atoms with Gasteiger partial charge in [-0.15, -0.1) is 11.8 Å². The molecule has 2 atom stereocenters. The van der Waals surface area contributed by atoms with Crippen molar-refractivity contribution in [3.8, 4) is 0 Å². The van der Waals surface area contributed by atoms with Crippen molar-refractivity contribution in [2.24, 2.45) is 4.99 Å². The number of aromatic nitrogens is 1. The van der Waals surface area contributed by atoms with Gasteiger partial charge in [-0.3, -0.25) is 9.79 Å². The molecule has 7 heteroatoms. The van der Waals surface area contributed by atoms with Crippen molar-refractivity contribution in [2.45, 2.75) is 31.8 Å². The lowest BCUT2D eigenvalue weighted by Gasteiger charge is -2.14. The number of aliphatic imine (C=N–C) groups is 1. The Morgan fingerprint density at radius 1 is 1.48 bits per heavy atom. The van der Waals surface area contributed by atoms with E-state index in [1.165, 1.54) is 5.56 Å². The van der Waals surface area contributed by atoms with E-state index in [0.717, 1.165) is 52.7 Å². The Morgan fingerprint density at radius 2 is 2.36 bits per heavy atom. The Kier molecular flexibility index (Phi) is 4.43. The van der Waals surface area contributed by atoms with E-state index in [0.29, 0.717) is 6.04 Å². The second kappa shape index (κ2) is 6.72. The minimum absolute atomic E-state index is 0.0876. The predicted octanol–water partition coefficient (Wildman–Crippen LogP) is 3.01. The number of benzene rings is 1. The summed E-state index contributed by atoms with van der Waals surface area (Å²) in [5.41, 5.74) is 4.31. The summed E-state index contributed by atoms with van der Waals surface area (Å²) in [5.74, 6) is -0.0753. The molecule has 0 spiro atoms. The van der Waals surface area contributed by atoms with Crippen LogP contribution in [0.25, 0.3) is 10.9 Å². The highest BCUT2D eigenvalue weighted by molar-refractivity contribution is 8.14. The van der Waals surface area contributed by atoms with Crippen LogP contribution in [0, 0.1) is 6.92 Å². The number of hydrogen-bond acceptors (Lipinski definition) is 5. The van der Waals surface area contributed by atoms with E-state index in [1.54, 1.807) is 11.8 Å². The summed E-state index contributed by atoms with van der Waals surface area (Å²) in [4.78, 5) is 18.9. The molecule has 132 valence electrons. The largest absolute Gasteiger partial charge is 0.481 e. The number of aromatic amines is 1. The molecule has 1 fully saturated rings. The summed E-state index contributed by atoms with van der Waals surface area (Å²) in [7, 11) is 0. The highest BCUT2D eigenvalue weighted by atomic mass is 32.2. The van der Waals surface area contributed by atoms with Crippen molar-refractivity contribution in [1.29, 1.82) is 0 Å². The molecule has 1 aromatic heterocycles. The summed E-state index contributed by atoms with van der Waals surface area (Å²) in [5, 5.41) is 14.6. The predicted molar refractivity (Wildman–Crippen MR) is 101 cm³/mol. The third-order valence-electron chi connectivity index (χ3n) is 4.51. The first kappa shape index (κ1) is 16.5. The van der Waals surface area contributed by atoms with E-state index < -0.39 is 5.97 Å². The van der Waals surface area contributed by atoms with Gasteiger partial charge in [0, 0.05) is 17.7 Å². The summed E-state index contributed by atoms with van der Waals surface area (Å²) >= 11 is 1.62. The van der Waals surface area contributed by atoms with Crippen LogP contribution in [0.4, 0.5) is 5.69 Å². The number of fused-ring (bicyclic) bond motifs is 1. The lowest BCUT2D eigenvalue weighted by atomic mass is 10.1. The van der Waals surface area contributed by atoms with Gasteiger partial charge in [-0.25, -0.2) is 0 Å². The van der Waals surface area contributed by atoms with E-state index in [-0.39, 0.29) is 12.5 Å². The number of hydrogen-bond donors (Lipinski definition) is 3. The molecule has 1 saturated heterocycles. The van der Waals surface area contributed by atoms with Crippen LogP contribution < -0.4 is 5.32 Å². The second-order valence-corrected chi connectivity index (χ2v) is 7.67. The number of aliphatic carboxylic acids is 1.